The second kappa shape index (κ2) is 8.19. The van der Waals surface area contributed by atoms with E-state index in [-0.39, 0.29) is 11.9 Å². The van der Waals surface area contributed by atoms with Gasteiger partial charge in [-0.25, -0.2) is 4.98 Å². The van der Waals surface area contributed by atoms with Gasteiger partial charge in [-0.05, 0) is 55.6 Å². The quantitative estimate of drug-likeness (QED) is 0.835. The first-order valence-electron chi connectivity index (χ1n) is 9.98. The fourth-order valence-corrected chi connectivity index (χ4v) is 3.71. The molecule has 1 aromatic carbocycles. The number of methoxy groups -OCH3 is 1. The van der Waals surface area contributed by atoms with Gasteiger partial charge in [0.1, 0.15) is 11.6 Å². The molecule has 1 N–H and O–H groups in total. The Bertz CT molecular complexity index is 812. The van der Waals surface area contributed by atoms with E-state index < -0.39 is 0 Å². The Kier molecular flexibility index (Phi) is 5.48. The van der Waals surface area contributed by atoms with Gasteiger partial charge in [-0.3, -0.25) is 4.79 Å². The van der Waals surface area contributed by atoms with E-state index in [2.05, 4.69) is 27.1 Å². The average Bonchev–Trinajstić information content (AvgIpc) is 3.58. The lowest BCUT2D eigenvalue weighted by Crippen LogP contribution is -2.44. The number of amides is 1. The minimum atomic E-state index is -0.0366. The first kappa shape index (κ1) is 18.7. The first-order valence-corrected chi connectivity index (χ1v) is 9.98. The summed E-state index contributed by atoms with van der Waals surface area (Å²) in [5, 5.41) is 3.25. The molecule has 2 aliphatic rings. The Labute approximate surface area is 166 Å². The van der Waals surface area contributed by atoms with Crippen molar-refractivity contribution in [3.8, 4) is 5.75 Å². The largest absolute Gasteiger partial charge is 0.497 e. The Morgan fingerprint density at radius 3 is 2.50 bits per heavy atom. The molecule has 2 aromatic rings. The number of piperazine rings is 1. The van der Waals surface area contributed by atoms with Gasteiger partial charge in [0.05, 0.1) is 13.2 Å². The van der Waals surface area contributed by atoms with Crippen molar-refractivity contribution < 1.29 is 9.53 Å². The van der Waals surface area contributed by atoms with Crippen molar-refractivity contribution in [2.75, 3.05) is 45.2 Å². The van der Waals surface area contributed by atoms with E-state index in [1.54, 1.807) is 19.4 Å². The zero-order valence-corrected chi connectivity index (χ0v) is 16.6. The number of nitrogens with one attached hydrogen (secondary N) is 1. The SMILES string of the molecule is COc1ccc([C@H](NC(=O)c2ccnc(N3CCN(C)CC3)c2)C2CC2)cc1. The van der Waals surface area contributed by atoms with Crippen LogP contribution in [0.1, 0.15) is 34.8 Å². The average molecular weight is 380 g/mol. The molecule has 0 unspecified atom stereocenters. The van der Waals surface area contributed by atoms with Crippen LogP contribution in [0.5, 0.6) is 5.75 Å². The molecule has 4 rings (SSSR count). The highest BCUT2D eigenvalue weighted by molar-refractivity contribution is 5.95. The summed E-state index contributed by atoms with van der Waals surface area (Å²) in [6, 6.07) is 11.8. The number of pyridine rings is 1. The highest BCUT2D eigenvalue weighted by atomic mass is 16.5. The van der Waals surface area contributed by atoms with E-state index in [1.807, 2.05) is 30.3 Å². The monoisotopic (exact) mass is 380 g/mol. The Morgan fingerprint density at radius 1 is 1.14 bits per heavy atom. The number of likely N-dealkylation sites (N-methyl/N-ethyl adjacent to an activating group) is 1. The maximum absolute atomic E-state index is 13.0. The molecule has 1 aliphatic heterocycles. The fourth-order valence-electron chi connectivity index (χ4n) is 3.71. The second-order valence-electron chi connectivity index (χ2n) is 7.75. The van der Waals surface area contributed by atoms with Gasteiger partial charge in [-0.1, -0.05) is 12.1 Å². The minimum absolute atomic E-state index is 0.0366. The van der Waals surface area contributed by atoms with E-state index in [1.165, 1.54) is 0 Å². The molecule has 2 fully saturated rings. The summed E-state index contributed by atoms with van der Waals surface area (Å²) < 4.78 is 5.25. The molecule has 1 aromatic heterocycles. The molecule has 0 bridgehead atoms. The second-order valence-corrected chi connectivity index (χ2v) is 7.75. The minimum Gasteiger partial charge on any atom is -0.497 e. The molecular weight excluding hydrogens is 352 g/mol. The zero-order chi connectivity index (χ0) is 19.5. The first-order chi connectivity index (χ1) is 13.6. The van der Waals surface area contributed by atoms with Crippen LogP contribution in [0.15, 0.2) is 42.6 Å². The number of benzene rings is 1. The summed E-state index contributed by atoms with van der Waals surface area (Å²) in [4.78, 5) is 22.0. The van der Waals surface area contributed by atoms with Crippen LogP contribution in [-0.2, 0) is 0 Å². The number of hydrogen-bond donors (Lipinski definition) is 1. The molecule has 1 aliphatic carbocycles. The van der Waals surface area contributed by atoms with Crippen molar-refractivity contribution in [2.45, 2.75) is 18.9 Å². The topological polar surface area (TPSA) is 57.7 Å². The van der Waals surface area contributed by atoms with E-state index in [4.69, 9.17) is 4.74 Å². The van der Waals surface area contributed by atoms with Crippen LogP contribution in [0.25, 0.3) is 0 Å². The molecule has 0 radical (unpaired) electrons. The van der Waals surface area contributed by atoms with Crippen molar-refractivity contribution in [2.24, 2.45) is 5.92 Å². The highest BCUT2D eigenvalue weighted by Gasteiger charge is 2.33. The Balaban J connectivity index is 1.48. The van der Waals surface area contributed by atoms with Gasteiger partial charge in [0.2, 0.25) is 0 Å². The third-order valence-corrected chi connectivity index (χ3v) is 5.69. The Hall–Kier alpha value is -2.60. The number of ether oxygens (including phenoxy) is 1. The van der Waals surface area contributed by atoms with Crippen LogP contribution < -0.4 is 15.0 Å². The third-order valence-electron chi connectivity index (χ3n) is 5.69. The lowest BCUT2D eigenvalue weighted by molar-refractivity contribution is 0.0931. The number of rotatable bonds is 6. The summed E-state index contributed by atoms with van der Waals surface area (Å²) in [5.41, 5.74) is 1.80. The van der Waals surface area contributed by atoms with Crippen LogP contribution in [0.2, 0.25) is 0 Å². The maximum atomic E-state index is 13.0. The predicted molar refractivity (Wildman–Crippen MR) is 110 cm³/mol. The molecule has 28 heavy (non-hydrogen) atoms. The summed E-state index contributed by atoms with van der Waals surface area (Å²) in [7, 11) is 3.79. The normalized spacial score (nSPS) is 18.6. The number of carbonyl (C=O) groups excluding carboxylic acids is 1. The van der Waals surface area contributed by atoms with Gasteiger partial charge >= 0.3 is 0 Å². The van der Waals surface area contributed by atoms with Gasteiger partial charge in [-0.15, -0.1) is 0 Å². The Morgan fingerprint density at radius 2 is 1.86 bits per heavy atom. The van der Waals surface area contributed by atoms with Crippen LogP contribution in [0, 0.1) is 5.92 Å². The number of nitrogens with zero attached hydrogens (tertiary/aromatic N) is 3. The molecule has 2 heterocycles. The van der Waals surface area contributed by atoms with Gasteiger partial charge in [0, 0.05) is 37.9 Å². The standard InChI is InChI=1S/C22H28N4O2/c1-25-11-13-26(14-12-25)20-15-18(9-10-23-20)22(27)24-21(16-3-4-16)17-5-7-19(28-2)8-6-17/h5-10,15-16,21H,3-4,11-14H2,1-2H3,(H,24,27)/t21-/m1/s1. The van der Waals surface area contributed by atoms with Crippen LogP contribution in [0.4, 0.5) is 5.82 Å². The van der Waals surface area contributed by atoms with Crippen LogP contribution in [-0.4, -0.2) is 56.1 Å². The summed E-state index contributed by atoms with van der Waals surface area (Å²) in [6.07, 6.45) is 4.04. The molecule has 1 atom stereocenters. The summed E-state index contributed by atoms with van der Waals surface area (Å²) in [6.45, 7) is 3.90. The van der Waals surface area contributed by atoms with Crippen LogP contribution in [0.3, 0.4) is 0 Å². The molecule has 148 valence electrons. The summed E-state index contributed by atoms with van der Waals surface area (Å²) in [5.74, 6) is 2.19. The lowest BCUT2D eigenvalue weighted by atomic mass is 10.0. The smallest absolute Gasteiger partial charge is 0.251 e. The van der Waals surface area contributed by atoms with Gasteiger partial charge in [-0.2, -0.15) is 0 Å². The maximum Gasteiger partial charge on any atom is 0.251 e. The molecule has 0 spiro atoms. The molecule has 1 saturated carbocycles. The van der Waals surface area contributed by atoms with Crippen molar-refractivity contribution in [3.05, 3.63) is 53.7 Å². The van der Waals surface area contributed by atoms with Crippen LogP contribution >= 0.6 is 0 Å². The van der Waals surface area contributed by atoms with E-state index in [0.29, 0.717) is 11.5 Å². The predicted octanol–water partition coefficient (Wildman–Crippen LogP) is 2.72. The van der Waals surface area contributed by atoms with Gasteiger partial charge < -0.3 is 19.9 Å². The fraction of sp³-hybridized carbons (Fsp3) is 0.455. The zero-order valence-electron chi connectivity index (χ0n) is 16.6. The number of anilines is 1. The summed E-state index contributed by atoms with van der Waals surface area (Å²) >= 11 is 0. The molecular formula is C22H28N4O2. The van der Waals surface area contributed by atoms with Crippen molar-refractivity contribution in [3.63, 3.8) is 0 Å². The number of aromatic nitrogens is 1. The number of hydrogen-bond acceptors (Lipinski definition) is 5. The van der Waals surface area contributed by atoms with Gasteiger partial charge in [0.15, 0.2) is 0 Å². The van der Waals surface area contributed by atoms with Crippen molar-refractivity contribution in [1.82, 2.24) is 15.2 Å². The molecule has 1 amide bonds. The van der Waals surface area contributed by atoms with E-state index >= 15 is 0 Å². The van der Waals surface area contributed by atoms with Crippen molar-refractivity contribution >= 4 is 11.7 Å². The van der Waals surface area contributed by atoms with E-state index in [0.717, 1.165) is 56.2 Å². The molecule has 1 saturated heterocycles. The molecule has 6 nitrogen and oxygen atoms in total. The number of carbonyl (C=O) groups is 1. The van der Waals surface area contributed by atoms with Gasteiger partial charge in [0.25, 0.3) is 5.91 Å². The van der Waals surface area contributed by atoms with E-state index in [9.17, 15) is 4.79 Å². The highest BCUT2D eigenvalue weighted by Crippen LogP contribution is 2.41. The van der Waals surface area contributed by atoms with Crippen molar-refractivity contribution in [1.29, 1.82) is 0 Å². The lowest BCUT2D eigenvalue weighted by Gasteiger charge is -2.33. The third kappa shape index (κ3) is 4.28. The molecule has 6 heteroatoms.